The number of rotatable bonds is 7. The van der Waals surface area contributed by atoms with Gasteiger partial charge in [0.05, 0.1) is 6.04 Å². The van der Waals surface area contributed by atoms with Gasteiger partial charge in [0.1, 0.15) is 6.61 Å². The number of unbranched alkanes of at least 4 members (excludes halogenated alkanes) is 1. The minimum Gasteiger partial charge on any atom is -0.447 e. The number of ether oxygens (including phenoxy) is 1. The molecule has 0 bridgehead atoms. The zero-order valence-electron chi connectivity index (χ0n) is 13.5. The van der Waals surface area contributed by atoms with Gasteiger partial charge in [-0.15, -0.1) is 0 Å². The molecule has 120 valence electrons. The Balaban J connectivity index is 1.96. The van der Waals surface area contributed by atoms with Gasteiger partial charge in [-0.1, -0.05) is 63.4 Å². The van der Waals surface area contributed by atoms with Crippen LogP contribution in [0.2, 0.25) is 0 Å². The quantitative estimate of drug-likeness (QED) is 0.770. The molecular weight excluding hydrogens is 278 g/mol. The third-order valence-corrected chi connectivity index (χ3v) is 4.12. The molecule has 0 spiro atoms. The van der Waals surface area contributed by atoms with Crippen molar-refractivity contribution in [2.75, 3.05) is 6.61 Å². The predicted molar refractivity (Wildman–Crippen MR) is 85.4 cm³/mol. The smallest absolute Gasteiger partial charge is 0.416 e. The lowest BCUT2D eigenvalue weighted by Crippen LogP contribution is -2.40. The van der Waals surface area contributed by atoms with Crippen LogP contribution in [0.4, 0.5) is 4.79 Å². The second kappa shape index (κ2) is 7.97. The molecule has 1 heterocycles. The van der Waals surface area contributed by atoms with Crippen molar-refractivity contribution < 1.29 is 14.3 Å². The number of hydrogen-bond donors (Lipinski definition) is 0. The Labute approximate surface area is 132 Å². The van der Waals surface area contributed by atoms with E-state index in [-0.39, 0.29) is 11.9 Å². The molecule has 0 aromatic heterocycles. The van der Waals surface area contributed by atoms with Gasteiger partial charge in [-0.25, -0.2) is 9.69 Å². The first-order valence-electron chi connectivity index (χ1n) is 8.14. The van der Waals surface area contributed by atoms with Crippen molar-refractivity contribution in [1.29, 1.82) is 0 Å². The lowest BCUT2D eigenvalue weighted by atomic mass is 9.99. The fourth-order valence-electron chi connectivity index (χ4n) is 2.85. The standard InChI is InChI=1S/C18H25NO3/c1-3-4-8-14(2)11-17(20)19-16(13-22-18(19)21)12-15-9-6-5-7-10-15/h5-7,9-10,14,16H,3-4,8,11-13H2,1-2H3. The summed E-state index contributed by atoms with van der Waals surface area (Å²) < 4.78 is 5.10. The predicted octanol–water partition coefficient (Wildman–Crippen LogP) is 3.79. The van der Waals surface area contributed by atoms with Crippen molar-refractivity contribution in [1.82, 2.24) is 4.90 Å². The van der Waals surface area contributed by atoms with Crippen molar-refractivity contribution in [2.45, 2.75) is 52.0 Å². The molecule has 1 fully saturated rings. The van der Waals surface area contributed by atoms with Gasteiger partial charge in [0, 0.05) is 6.42 Å². The Morgan fingerprint density at radius 1 is 1.36 bits per heavy atom. The molecule has 22 heavy (non-hydrogen) atoms. The van der Waals surface area contributed by atoms with Crippen LogP contribution in [0.1, 0.15) is 45.1 Å². The fraction of sp³-hybridized carbons (Fsp3) is 0.556. The molecule has 1 aliphatic rings. The van der Waals surface area contributed by atoms with Gasteiger partial charge in [-0.05, 0) is 17.9 Å². The number of imide groups is 1. The maximum atomic E-state index is 12.5. The summed E-state index contributed by atoms with van der Waals surface area (Å²) >= 11 is 0. The van der Waals surface area contributed by atoms with E-state index < -0.39 is 6.09 Å². The normalized spacial score (nSPS) is 19.1. The number of hydrogen-bond acceptors (Lipinski definition) is 3. The number of amides is 2. The van der Waals surface area contributed by atoms with Crippen LogP contribution in [-0.2, 0) is 16.0 Å². The van der Waals surface area contributed by atoms with Gasteiger partial charge in [0.15, 0.2) is 0 Å². The monoisotopic (exact) mass is 303 g/mol. The molecule has 1 saturated heterocycles. The van der Waals surface area contributed by atoms with E-state index in [2.05, 4.69) is 13.8 Å². The summed E-state index contributed by atoms with van der Waals surface area (Å²) in [4.78, 5) is 25.7. The lowest BCUT2D eigenvalue weighted by molar-refractivity contribution is -0.130. The molecule has 4 heteroatoms. The van der Waals surface area contributed by atoms with Crippen LogP contribution in [0.25, 0.3) is 0 Å². The van der Waals surface area contributed by atoms with Crippen LogP contribution >= 0.6 is 0 Å². The van der Waals surface area contributed by atoms with E-state index >= 15 is 0 Å². The van der Waals surface area contributed by atoms with E-state index in [1.54, 1.807) is 0 Å². The van der Waals surface area contributed by atoms with E-state index in [0.29, 0.717) is 25.4 Å². The molecule has 0 aliphatic carbocycles. The van der Waals surface area contributed by atoms with E-state index in [1.165, 1.54) is 4.90 Å². The van der Waals surface area contributed by atoms with Crippen LogP contribution in [0.15, 0.2) is 30.3 Å². The van der Waals surface area contributed by atoms with Crippen molar-refractivity contribution in [3.05, 3.63) is 35.9 Å². The van der Waals surface area contributed by atoms with E-state index in [0.717, 1.165) is 24.8 Å². The number of carbonyl (C=O) groups is 2. The summed E-state index contributed by atoms with van der Waals surface area (Å²) in [5.41, 5.74) is 1.11. The van der Waals surface area contributed by atoms with Crippen LogP contribution in [-0.4, -0.2) is 29.5 Å². The van der Waals surface area contributed by atoms with Crippen molar-refractivity contribution in [2.24, 2.45) is 5.92 Å². The molecule has 2 atom stereocenters. The number of nitrogens with zero attached hydrogens (tertiary/aromatic N) is 1. The molecule has 2 rings (SSSR count). The van der Waals surface area contributed by atoms with E-state index in [9.17, 15) is 9.59 Å². The average molecular weight is 303 g/mol. The molecule has 1 aliphatic heterocycles. The Hall–Kier alpha value is -1.84. The molecule has 0 saturated carbocycles. The zero-order chi connectivity index (χ0) is 15.9. The molecule has 0 radical (unpaired) electrons. The van der Waals surface area contributed by atoms with Crippen LogP contribution < -0.4 is 0 Å². The summed E-state index contributed by atoms with van der Waals surface area (Å²) in [6.45, 7) is 4.51. The highest BCUT2D eigenvalue weighted by molar-refractivity contribution is 5.93. The first-order chi connectivity index (χ1) is 10.6. The van der Waals surface area contributed by atoms with Gasteiger partial charge >= 0.3 is 6.09 Å². The van der Waals surface area contributed by atoms with Crippen molar-refractivity contribution in [3.8, 4) is 0 Å². The maximum Gasteiger partial charge on any atom is 0.416 e. The van der Waals surface area contributed by atoms with Crippen molar-refractivity contribution in [3.63, 3.8) is 0 Å². The number of benzene rings is 1. The van der Waals surface area contributed by atoms with Gasteiger partial charge in [-0.2, -0.15) is 0 Å². The minimum atomic E-state index is -0.492. The summed E-state index contributed by atoms with van der Waals surface area (Å²) in [6, 6.07) is 9.72. The number of cyclic esters (lactones) is 1. The molecule has 1 aromatic carbocycles. The molecule has 4 nitrogen and oxygen atoms in total. The maximum absolute atomic E-state index is 12.5. The first-order valence-corrected chi connectivity index (χ1v) is 8.14. The third-order valence-electron chi connectivity index (χ3n) is 4.12. The zero-order valence-corrected chi connectivity index (χ0v) is 13.5. The highest BCUT2D eigenvalue weighted by atomic mass is 16.6. The highest BCUT2D eigenvalue weighted by Crippen LogP contribution is 2.21. The van der Waals surface area contributed by atoms with E-state index in [1.807, 2.05) is 30.3 Å². The van der Waals surface area contributed by atoms with Crippen molar-refractivity contribution >= 4 is 12.0 Å². The van der Waals surface area contributed by atoms with Gasteiger partial charge in [0.2, 0.25) is 5.91 Å². The van der Waals surface area contributed by atoms with Gasteiger partial charge in [-0.3, -0.25) is 4.79 Å². The largest absolute Gasteiger partial charge is 0.447 e. The summed E-state index contributed by atoms with van der Waals surface area (Å²) in [7, 11) is 0. The third kappa shape index (κ3) is 4.33. The summed E-state index contributed by atoms with van der Waals surface area (Å²) in [5, 5.41) is 0. The molecule has 0 N–H and O–H groups in total. The highest BCUT2D eigenvalue weighted by Gasteiger charge is 2.37. The Bertz CT molecular complexity index is 500. The van der Waals surface area contributed by atoms with Crippen LogP contribution in [0.3, 0.4) is 0 Å². The molecule has 2 unspecified atom stereocenters. The fourth-order valence-corrected chi connectivity index (χ4v) is 2.85. The Morgan fingerprint density at radius 3 is 2.77 bits per heavy atom. The van der Waals surface area contributed by atoms with Crippen LogP contribution in [0, 0.1) is 5.92 Å². The Kier molecular flexibility index (Phi) is 5.99. The van der Waals surface area contributed by atoms with Gasteiger partial charge in [0.25, 0.3) is 0 Å². The van der Waals surface area contributed by atoms with Crippen LogP contribution in [0.5, 0.6) is 0 Å². The second-order valence-corrected chi connectivity index (χ2v) is 6.14. The minimum absolute atomic E-state index is 0.105. The Morgan fingerprint density at radius 2 is 2.09 bits per heavy atom. The molecule has 1 aromatic rings. The van der Waals surface area contributed by atoms with Gasteiger partial charge < -0.3 is 4.74 Å². The average Bonchev–Trinajstić information content (AvgIpc) is 2.87. The molecule has 2 amide bonds. The van der Waals surface area contributed by atoms with E-state index in [4.69, 9.17) is 4.74 Å². The summed E-state index contributed by atoms with van der Waals surface area (Å²) in [5.74, 6) is 0.199. The lowest BCUT2D eigenvalue weighted by Gasteiger charge is -2.21. The summed E-state index contributed by atoms with van der Waals surface area (Å²) in [6.07, 6.45) is 3.85. The first kappa shape index (κ1) is 16.5. The number of carbonyl (C=O) groups excluding carboxylic acids is 2. The second-order valence-electron chi connectivity index (χ2n) is 6.14. The topological polar surface area (TPSA) is 46.6 Å². The SMILES string of the molecule is CCCCC(C)CC(=O)N1C(=O)OCC1Cc1ccccc1. The molecular formula is C18H25NO3.